The predicted octanol–water partition coefficient (Wildman–Crippen LogP) is 4.79. The summed E-state index contributed by atoms with van der Waals surface area (Å²) in [6.45, 7) is 5.77. The van der Waals surface area contributed by atoms with Crippen molar-refractivity contribution in [2.75, 3.05) is 31.8 Å². The number of guanidine groups is 1. The number of nitrogens with zero attached hydrogens (tertiary/aromatic N) is 1. The first kappa shape index (κ1) is 34.7. The van der Waals surface area contributed by atoms with Gasteiger partial charge in [0, 0.05) is 66.4 Å². The molecule has 2 aromatic carbocycles. The van der Waals surface area contributed by atoms with E-state index in [1.165, 1.54) is 7.11 Å². The Morgan fingerprint density at radius 3 is 2.69 bits per heavy atom. The summed E-state index contributed by atoms with van der Waals surface area (Å²) in [5, 5.41) is 40.3. The minimum absolute atomic E-state index is 0.0244. The number of aliphatic hydroxyl groups excluding tert-OH is 1. The smallest absolute Gasteiger partial charge is 0.191 e. The maximum atomic E-state index is 12.9. The molecule has 258 valence electrons. The van der Waals surface area contributed by atoms with Crippen LogP contribution in [0.15, 0.2) is 23.2 Å². The summed E-state index contributed by atoms with van der Waals surface area (Å²) >= 11 is 0. The van der Waals surface area contributed by atoms with Crippen LogP contribution in [0.3, 0.4) is 0 Å². The first-order valence-corrected chi connectivity index (χ1v) is 19.6. The van der Waals surface area contributed by atoms with E-state index in [-0.39, 0.29) is 54.3 Å². The molecule has 0 unspecified atom stereocenters. The Balaban J connectivity index is 1.31. The number of phenols is 2. The van der Waals surface area contributed by atoms with Crippen LogP contribution in [0.2, 0.25) is 0 Å². The first-order chi connectivity index (χ1) is 23.2. The number of ketones is 1. The number of methoxy groups -OCH3 is 1. The Hall–Kier alpha value is -3.20. The second-order valence-electron chi connectivity index (χ2n) is 13.7. The Labute approximate surface area is 291 Å². The SMILES string of the molecule is COc1c(O)ccc2c1C#CCc1cc(c3c(c1O)OC[C@@H]([C@@H]1CSSC[C@H](C(C)C)NC4=NCC[C@H]1N4)C3)CC[C@@H](O)CC(=O)CC2. The van der Waals surface area contributed by atoms with E-state index in [0.29, 0.717) is 60.6 Å². The monoisotopic (exact) mass is 693 g/mol. The number of Topliss-reactive ketones (excluding diaryl/α,β-unsaturated/α-hetero) is 1. The lowest BCUT2D eigenvalue weighted by Crippen LogP contribution is -2.56. The molecule has 0 amide bonds. The van der Waals surface area contributed by atoms with Crippen LogP contribution in [0.4, 0.5) is 0 Å². The molecule has 9 nitrogen and oxygen atoms in total. The van der Waals surface area contributed by atoms with Gasteiger partial charge in [-0.25, -0.2) is 0 Å². The molecular weight excluding hydrogens is 647 g/mol. The molecule has 3 heterocycles. The maximum Gasteiger partial charge on any atom is 0.191 e. The zero-order valence-electron chi connectivity index (χ0n) is 28.0. The third kappa shape index (κ3) is 7.82. The topological polar surface area (TPSA) is 133 Å². The molecule has 0 aromatic heterocycles. The summed E-state index contributed by atoms with van der Waals surface area (Å²) in [7, 11) is 5.33. The van der Waals surface area contributed by atoms with Crippen molar-refractivity contribution in [2.45, 2.75) is 83.4 Å². The molecule has 1 saturated heterocycles. The van der Waals surface area contributed by atoms with Crippen LogP contribution in [0, 0.1) is 29.6 Å². The molecule has 0 spiro atoms. The van der Waals surface area contributed by atoms with Crippen molar-refractivity contribution < 1.29 is 29.6 Å². The summed E-state index contributed by atoms with van der Waals surface area (Å²) < 4.78 is 12.0. The molecule has 4 bridgehead atoms. The van der Waals surface area contributed by atoms with Crippen LogP contribution in [-0.2, 0) is 30.5 Å². The van der Waals surface area contributed by atoms with Crippen LogP contribution in [0.5, 0.6) is 23.0 Å². The standard InChI is InChI=1S/C37H47N3O6S2/c1-21(2)32-20-48-47-19-30(31-13-14-38-37(39-31)40-32)25-16-29-23-8-11-27(42)17-26(41)10-7-22-9-12-33(43)35(45-3)28(22)6-4-5-24(15-23)34(44)36(29)46-18-25/h9,12,15,21,25,27,30-32,42-44H,5,7-8,10-11,13-14,16-20H2,1-3H3,(H2,38,39,40)/t25-,27+,30-,31+,32+/m0/s1. The van der Waals surface area contributed by atoms with E-state index in [4.69, 9.17) is 14.5 Å². The van der Waals surface area contributed by atoms with Crippen molar-refractivity contribution in [3.05, 3.63) is 46.0 Å². The largest absolute Gasteiger partial charge is 0.504 e. The normalized spacial score (nSPS) is 26.4. The molecule has 2 aromatic rings. The van der Waals surface area contributed by atoms with Gasteiger partial charge in [-0.05, 0) is 61.1 Å². The van der Waals surface area contributed by atoms with Gasteiger partial charge in [0.1, 0.15) is 5.78 Å². The maximum absolute atomic E-state index is 12.9. The van der Waals surface area contributed by atoms with E-state index in [9.17, 15) is 20.1 Å². The Morgan fingerprint density at radius 1 is 1.04 bits per heavy atom. The predicted molar refractivity (Wildman–Crippen MR) is 192 cm³/mol. The van der Waals surface area contributed by atoms with E-state index in [1.807, 2.05) is 27.7 Å². The molecule has 4 aliphatic rings. The Morgan fingerprint density at radius 2 is 1.88 bits per heavy atom. The fraction of sp³-hybridized carbons (Fsp3) is 0.568. The van der Waals surface area contributed by atoms with Crippen molar-refractivity contribution in [3.8, 4) is 34.8 Å². The number of hydrogen-bond acceptors (Lipinski definition) is 11. The van der Waals surface area contributed by atoms with Gasteiger partial charge in [0.15, 0.2) is 29.0 Å². The molecular formula is C37H47N3O6S2. The Kier molecular flexibility index (Phi) is 11.2. The van der Waals surface area contributed by atoms with E-state index in [0.717, 1.165) is 53.5 Å². The van der Waals surface area contributed by atoms with Gasteiger partial charge in [0.25, 0.3) is 0 Å². The van der Waals surface area contributed by atoms with Crippen molar-refractivity contribution in [3.63, 3.8) is 0 Å². The number of ether oxygens (including phenoxy) is 2. The van der Waals surface area contributed by atoms with Crippen molar-refractivity contribution in [1.82, 2.24) is 10.6 Å². The Bertz CT molecular complexity index is 1600. The number of carbonyl (C=O) groups excluding carboxylic acids is 1. The number of aromatic hydroxyl groups is 2. The lowest BCUT2D eigenvalue weighted by atomic mass is 9.79. The van der Waals surface area contributed by atoms with E-state index >= 15 is 0 Å². The van der Waals surface area contributed by atoms with E-state index in [2.05, 4.69) is 36.3 Å². The number of carbonyl (C=O) groups is 1. The average molecular weight is 694 g/mol. The minimum Gasteiger partial charge on any atom is -0.504 e. The molecule has 6 rings (SSSR count). The van der Waals surface area contributed by atoms with Gasteiger partial charge in [-0.15, -0.1) is 0 Å². The van der Waals surface area contributed by atoms with Gasteiger partial charge in [-0.1, -0.05) is 59.4 Å². The third-order valence-electron chi connectivity index (χ3n) is 10.1. The molecule has 5 atom stereocenters. The van der Waals surface area contributed by atoms with Gasteiger partial charge in [-0.2, -0.15) is 0 Å². The number of hydrogen-bond donors (Lipinski definition) is 5. The van der Waals surface area contributed by atoms with Crippen LogP contribution < -0.4 is 20.1 Å². The summed E-state index contributed by atoms with van der Waals surface area (Å²) in [5.74, 6) is 11.1. The first-order valence-electron chi connectivity index (χ1n) is 17.1. The molecule has 1 fully saturated rings. The minimum atomic E-state index is -0.779. The number of rotatable bonds is 3. The average Bonchev–Trinajstić information content (AvgIpc) is 3.07. The highest BCUT2D eigenvalue weighted by molar-refractivity contribution is 8.76. The van der Waals surface area contributed by atoms with Gasteiger partial charge in [0.05, 0.1) is 25.4 Å². The van der Waals surface area contributed by atoms with Crippen LogP contribution in [0.25, 0.3) is 0 Å². The number of benzene rings is 2. The molecule has 1 aliphatic carbocycles. The number of fused-ring (bicyclic) bond motifs is 7. The van der Waals surface area contributed by atoms with Gasteiger partial charge in [0.2, 0.25) is 0 Å². The summed E-state index contributed by atoms with van der Waals surface area (Å²) in [5.41, 5.74) is 3.97. The van der Waals surface area contributed by atoms with Gasteiger partial charge in [-0.3, -0.25) is 9.79 Å². The van der Waals surface area contributed by atoms with Crippen LogP contribution >= 0.6 is 21.6 Å². The zero-order valence-corrected chi connectivity index (χ0v) is 29.6. The second kappa shape index (κ2) is 15.6. The summed E-state index contributed by atoms with van der Waals surface area (Å²) in [6.07, 6.45) is 2.93. The van der Waals surface area contributed by atoms with Gasteiger partial charge < -0.3 is 35.4 Å². The van der Waals surface area contributed by atoms with E-state index < -0.39 is 6.10 Å². The lowest BCUT2D eigenvalue weighted by Gasteiger charge is -2.40. The highest BCUT2D eigenvalue weighted by atomic mass is 33.1. The molecule has 0 radical (unpaired) electrons. The van der Waals surface area contributed by atoms with Crippen molar-refractivity contribution in [1.29, 1.82) is 0 Å². The number of phenolic OH excluding ortho intramolecular Hbond substituents is 2. The molecule has 11 heteroatoms. The van der Waals surface area contributed by atoms with Crippen molar-refractivity contribution >= 4 is 33.3 Å². The zero-order chi connectivity index (χ0) is 33.8. The van der Waals surface area contributed by atoms with Crippen LogP contribution in [-0.4, -0.2) is 77.0 Å². The quantitative estimate of drug-likeness (QED) is 0.226. The molecule has 48 heavy (non-hydrogen) atoms. The van der Waals surface area contributed by atoms with Gasteiger partial charge >= 0.3 is 0 Å². The summed E-state index contributed by atoms with van der Waals surface area (Å²) in [4.78, 5) is 17.7. The number of nitrogens with one attached hydrogen (secondary N) is 2. The molecule has 0 saturated carbocycles. The fourth-order valence-electron chi connectivity index (χ4n) is 7.20. The van der Waals surface area contributed by atoms with Crippen molar-refractivity contribution in [2.24, 2.45) is 22.7 Å². The molecule has 3 aliphatic heterocycles. The summed E-state index contributed by atoms with van der Waals surface area (Å²) in [6, 6.07) is 5.92. The van der Waals surface area contributed by atoms with E-state index in [1.54, 1.807) is 12.1 Å². The second-order valence-corrected chi connectivity index (χ2v) is 16.2. The number of aliphatic imine (C=N–C) groups is 1. The number of aliphatic hydroxyl groups is 1. The third-order valence-corrected chi connectivity index (χ3v) is 12.6. The lowest BCUT2D eigenvalue weighted by molar-refractivity contribution is -0.121. The number of aryl methyl sites for hydroxylation is 2. The van der Waals surface area contributed by atoms with Crippen LogP contribution in [0.1, 0.15) is 67.3 Å². The highest BCUT2D eigenvalue weighted by Gasteiger charge is 2.37. The molecule has 5 N–H and O–H groups in total. The highest BCUT2D eigenvalue weighted by Crippen LogP contribution is 2.44. The fourth-order valence-corrected chi connectivity index (χ4v) is 10.2.